The first-order chi connectivity index (χ1) is 10.1. The molecule has 2 aromatic rings. The normalized spacial score (nSPS) is 9.90. The minimum absolute atomic E-state index is 0.104. The Hall–Kier alpha value is -3.09. The fourth-order valence-corrected chi connectivity index (χ4v) is 1.67. The summed E-state index contributed by atoms with van der Waals surface area (Å²) in [6.45, 7) is 0.287. The minimum atomic E-state index is -1.24. The number of phenolic OH excluding ortho intramolecular Hbond substituents is 1. The molecule has 108 valence electrons. The Balaban J connectivity index is 2.01. The second-order valence-electron chi connectivity index (χ2n) is 4.20. The molecule has 7 heteroatoms. The van der Waals surface area contributed by atoms with Crippen LogP contribution < -0.4 is 10.6 Å². The van der Waals surface area contributed by atoms with Crippen LogP contribution in [0.2, 0.25) is 0 Å². The topological polar surface area (TPSA) is 112 Å². The van der Waals surface area contributed by atoms with Gasteiger partial charge < -0.3 is 20.8 Å². The second kappa shape index (κ2) is 6.38. The maximum absolute atomic E-state index is 11.8. The molecule has 0 fully saturated rings. The summed E-state index contributed by atoms with van der Waals surface area (Å²) in [4.78, 5) is 26.7. The lowest BCUT2D eigenvalue weighted by atomic mass is 10.1. The van der Waals surface area contributed by atoms with Crippen molar-refractivity contribution in [2.24, 2.45) is 0 Å². The van der Waals surface area contributed by atoms with E-state index >= 15 is 0 Å². The van der Waals surface area contributed by atoms with Gasteiger partial charge in [-0.15, -0.1) is 0 Å². The molecule has 0 aliphatic rings. The smallest absolute Gasteiger partial charge is 0.337 e. The van der Waals surface area contributed by atoms with Crippen LogP contribution in [-0.4, -0.2) is 27.2 Å². The average Bonchev–Trinajstić information content (AvgIpc) is 2.48. The summed E-state index contributed by atoms with van der Waals surface area (Å²) in [7, 11) is 0. The van der Waals surface area contributed by atoms with Gasteiger partial charge >= 0.3 is 12.0 Å². The first-order valence-electron chi connectivity index (χ1n) is 6.06. The summed E-state index contributed by atoms with van der Waals surface area (Å²) in [5.41, 5.74) is 0.783. The molecule has 2 rings (SSSR count). The largest absolute Gasteiger partial charge is 0.508 e. The van der Waals surface area contributed by atoms with Crippen molar-refractivity contribution in [3.8, 4) is 5.75 Å². The van der Waals surface area contributed by atoms with E-state index in [1.807, 2.05) is 0 Å². The first kappa shape index (κ1) is 14.3. The van der Waals surface area contributed by atoms with Gasteiger partial charge in [-0.3, -0.25) is 4.98 Å². The van der Waals surface area contributed by atoms with E-state index in [4.69, 9.17) is 5.11 Å². The van der Waals surface area contributed by atoms with Crippen LogP contribution in [0.25, 0.3) is 0 Å². The van der Waals surface area contributed by atoms with E-state index in [0.29, 0.717) is 0 Å². The Morgan fingerprint density at radius 2 is 1.86 bits per heavy atom. The summed E-state index contributed by atoms with van der Waals surface area (Å²) >= 11 is 0. The fraction of sp³-hybridized carbons (Fsp3) is 0.0714. The van der Waals surface area contributed by atoms with Crippen LogP contribution in [0.1, 0.15) is 15.9 Å². The van der Waals surface area contributed by atoms with E-state index in [-0.39, 0.29) is 23.5 Å². The third kappa shape index (κ3) is 3.93. The highest BCUT2D eigenvalue weighted by molar-refractivity contribution is 6.00. The standard InChI is InChI=1S/C14H13N3O4/c18-10-1-2-12(11(7-10)13(19)20)17-14(21)16-8-9-3-5-15-6-4-9/h1-7,18H,8H2,(H,19,20)(H2,16,17,21). The van der Waals surface area contributed by atoms with Crippen molar-refractivity contribution in [3.05, 3.63) is 53.9 Å². The van der Waals surface area contributed by atoms with Gasteiger partial charge in [0.05, 0.1) is 11.3 Å². The average molecular weight is 287 g/mol. The molecule has 0 radical (unpaired) electrons. The molecule has 0 saturated carbocycles. The van der Waals surface area contributed by atoms with Crippen LogP contribution in [0.3, 0.4) is 0 Å². The molecular formula is C14H13N3O4. The molecule has 1 aromatic carbocycles. The van der Waals surface area contributed by atoms with Crippen LogP contribution >= 0.6 is 0 Å². The third-order valence-corrected chi connectivity index (χ3v) is 2.68. The second-order valence-corrected chi connectivity index (χ2v) is 4.20. The van der Waals surface area contributed by atoms with Gasteiger partial charge in [-0.1, -0.05) is 0 Å². The molecule has 0 aliphatic heterocycles. The van der Waals surface area contributed by atoms with Crippen molar-refractivity contribution in [1.82, 2.24) is 10.3 Å². The number of hydrogen-bond donors (Lipinski definition) is 4. The van der Waals surface area contributed by atoms with Crippen molar-refractivity contribution in [2.75, 3.05) is 5.32 Å². The molecular weight excluding hydrogens is 274 g/mol. The molecule has 21 heavy (non-hydrogen) atoms. The summed E-state index contributed by atoms with van der Waals surface area (Å²) < 4.78 is 0. The highest BCUT2D eigenvalue weighted by Crippen LogP contribution is 2.21. The Bertz CT molecular complexity index is 659. The number of amides is 2. The van der Waals surface area contributed by atoms with E-state index in [1.165, 1.54) is 12.1 Å². The van der Waals surface area contributed by atoms with Gasteiger partial charge in [-0.2, -0.15) is 0 Å². The van der Waals surface area contributed by atoms with Crippen LogP contribution in [-0.2, 0) is 6.54 Å². The Kier molecular flexibility index (Phi) is 4.35. The van der Waals surface area contributed by atoms with Gasteiger partial charge in [-0.05, 0) is 35.9 Å². The van der Waals surface area contributed by atoms with Gasteiger partial charge in [-0.25, -0.2) is 9.59 Å². The number of urea groups is 1. The number of rotatable bonds is 4. The monoisotopic (exact) mass is 287 g/mol. The van der Waals surface area contributed by atoms with Crippen molar-refractivity contribution in [1.29, 1.82) is 0 Å². The van der Waals surface area contributed by atoms with E-state index in [9.17, 15) is 14.7 Å². The van der Waals surface area contributed by atoms with E-state index in [2.05, 4.69) is 15.6 Å². The predicted octanol–water partition coefficient (Wildman–Crippen LogP) is 1.81. The van der Waals surface area contributed by atoms with Crippen LogP contribution in [0.4, 0.5) is 10.5 Å². The van der Waals surface area contributed by atoms with Gasteiger partial charge in [0.1, 0.15) is 5.75 Å². The molecule has 0 unspecified atom stereocenters. The van der Waals surface area contributed by atoms with Gasteiger partial charge in [0.2, 0.25) is 0 Å². The number of pyridine rings is 1. The highest BCUT2D eigenvalue weighted by Gasteiger charge is 2.13. The van der Waals surface area contributed by atoms with Crippen molar-refractivity contribution in [2.45, 2.75) is 6.54 Å². The number of carboxylic acid groups (broad SMARTS) is 1. The van der Waals surface area contributed by atoms with Crippen LogP contribution in [0.15, 0.2) is 42.7 Å². The zero-order chi connectivity index (χ0) is 15.2. The van der Waals surface area contributed by atoms with Crippen molar-refractivity contribution in [3.63, 3.8) is 0 Å². The number of nitrogens with one attached hydrogen (secondary N) is 2. The Morgan fingerprint density at radius 1 is 1.14 bits per heavy atom. The van der Waals surface area contributed by atoms with Crippen LogP contribution in [0.5, 0.6) is 5.75 Å². The zero-order valence-corrected chi connectivity index (χ0v) is 10.9. The first-order valence-corrected chi connectivity index (χ1v) is 6.06. The van der Waals surface area contributed by atoms with Crippen molar-refractivity contribution < 1.29 is 19.8 Å². The Labute approximate surface area is 120 Å². The third-order valence-electron chi connectivity index (χ3n) is 2.68. The number of carbonyl (C=O) groups excluding carboxylic acids is 1. The predicted molar refractivity (Wildman–Crippen MR) is 75.2 cm³/mol. The van der Waals surface area contributed by atoms with E-state index in [1.54, 1.807) is 24.5 Å². The summed E-state index contributed by atoms with van der Waals surface area (Å²) in [5, 5.41) is 23.3. The maximum Gasteiger partial charge on any atom is 0.337 e. The number of benzene rings is 1. The maximum atomic E-state index is 11.8. The van der Waals surface area contributed by atoms with Gasteiger partial charge in [0.25, 0.3) is 0 Å². The molecule has 1 aromatic heterocycles. The number of carboxylic acids is 1. The molecule has 7 nitrogen and oxygen atoms in total. The number of anilines is 1. The number of hydrogen-bond acceptors (Lipinski definition) is 4. The molecule has 0 aliphatic carbocycles. The number of phenols is 1. The molecule has 1 heterocycles. The Morgan fingerprint density at radius 3 is 2.52 bits per heavy atom. The summed E-state index contributed by atoms with van der Waals surface area (Å²) in [6, 6.07) is 6.66. The van der Waals surface area contributed by atoms with E-state index in [0.717, 1.165) is 11.6 Å². The quantitative estimate of drug-likeness (QED) is 0.641. The number of aromatic nitrogens is 1. The molecule has 2 amide bonds. The molecule has 0 spiro atoms. The lowest BCUT2D eigenvalue weighted by Gasteiger charge is -2.10. The van der Waals surface area contributed by atoms with Gasteiger partial charge in [0.15, 0.2) is 0 Å². The lowest BCUT2D eigenvalue weighted by Crippen LogP contribution is -2.28. The zero-order valence-electron chi connectivity index (χ0n) is 10.9. The minimum Gasteiger partial charge on any atom is -0.508 e. The molecule has 0 atom stereocenters. The van der Waals surface area contributed by atoms with E-state index < -0.39 is 12.0 Å². The number of aromatic carboxylic acids is 1. The molecule has 4 N–H and O–H groups in total. The van der Waals surface area contributed by atoms with Crippen molar-refractivity contribution >= 4 is 17.7 Å². The lowest BCUT2D eigenvalue weighted by molar-refractivity contribution is 0.0697. The fourth-order valence-electron chi connectivity index (χ4n) is 1.67. The molecule has 0 bridgehead atoms. The highest BCUT2D eigenvalue weighted by atomic mass is 16.4. The SMILES string of the molecule is O=C(NCc1ccncc1)Nc1ccc(O)cc1C(=O)O. The number of aromatic hydroxyl groups is 1. The summed E-state index contributed by atoms with van der Waals surface area (Å²) in [6.07, 6.45) is 3.22. The molecule has 0 saturated heterocycles. The number of carbonyl (C=O) groups is 2. The van der Waals surface area contributed by atoms with Crippen LogP contribution in [0, 0.1) is 0 Å². The summed E-state index contributed by atoms with van der Waals surface area (Å²) in [5.74, 6) is -1.43. The number of nitrogens with zero attached hydrogens (tertiary/aromatic N) is 1. The van der Waals surface area contributed by atoms with Gasteiger partial charge in [0, 0.05) is 18.9 Å².